The largest absolute Gasteiger partial charge is 0.496 e. The summed E-state index contributed by atoms with van der Waals surface area (Å²) in [7, 11) is -1.72. The molecule has 0 saturated carbocycles. The highest BCUT2D eigenvalue weighted by Crippen LogP contribution is 2.37. The van der Waals surface area contributed by atoms with Crippen LogP contribution in [0.1, 0.15) is 37.4 Å². The zero-order valence-electron chi connectivity index (χ0n) is 16.0. The zero-order valence-corrected chi connectivity index (χ0v) is 16.9. The van der Waals surface area contributed by atoms with Gasteiger partial charge in [0.25, 0.3) is 0 Å². The van der Waals surface area contributed by atoms with Crippen LogP contribution >= 0.6 is 0 Å². The van der Waals surface area contributed by atoms with Gasteiger partial charge in [-0.3, -0.25) is 9.52 Å². The Morgan fingerprint density at radius 1 is 1.21 bits per heavy atom. The molecule has 1 aliphatic rings. The minimum Gasteiger partial charge on any atom is -0.496 e. The Morgan fingerprint density at radius 3 is 2.50 bits per heavy atom. The fourth-order valence-corrected chi connectivity index (χ4v) is 3.78. The lowest BCUT2D eigenvalue weighted by atomic mass is 9.97. The first-order valence-corrected chi connectivity index (χ1v) is 10.6. The van der Waals surface area contributed by atoms with Gasteiger partial charge in [0.15, 0.2) is 0 Å². The lowest BCUT2D eigenvalue weighted by Crippen LogP contribution is -2.24. The van der Waals surface area contributed by atoms with Crippen LogP contribution < -0.4 is 9.46 Å². The smallest absolute Gasteiger partial charge is 0.240 e. The molecule has 148 valence electrons. The molecule has 1 unspecified atom stereocenters. The molecule has 0 radical (unpaired) electrons. The van der Waals surface area contributed by atoms with E-state index in [1.165, 1.54) is 11.9 Å². The van der Waals surface area contributed by atoms with E-state index in [1.54, 1.807) is 38.3 Å². The summed E-state index contributed by atoms with van der Waals surface area (Å²) >= 11 is 0. The predicted molar refractivity (Wildman–Crippen MR) is 109 cm³/mol. The number of para-hydroxylation sites is 1. The topological polar surface area (TPSA) is 88.1 Å². The number of carbonyl (C=O) groups excluding carboxylic acids is 1. The molecule has 1 heterocycles. The average Bonchev–Trinajstić information content (AvgIpc) is 3.14. The van der Waals surface area contributed by atoms with Crippen molar-refractivity contribution in [2.45, 2.75) is 26.3 Å². The third-order valence-corrected chi connectivity index (χ3v) is 5.91. The molecule has 0 spiro atoms. The number of hydrogen-bond donors (Lipinski definition) is 1. The number of hydrazone groups is 1. The normalized spacial score (nSPS) is 16.6. The van der Waals surface area contributed by atoms with E-state index in [2.05, 4.69) is 9.82 Å². The molecule has 0 aromatic heterocycles. The zero-order chi connectivity index (χ0) is 20.3. The number of nitrogens with one attached hydrogen (secondary N) is 1. The van der Waals surface area contributed by atoms with Crippen molar-refractivity contribution in [3.8, 4) is 5.75 Å². The van der Waals surface area contributed by atoms with Crippen LogP contribution in [0.2, 0.25) is 0 Å². The number of carbonyl (C=O) groups is 1. The summed E-state index contributed by atoms with van der Waals surface area (Å²) in [6, 6.07) is 14.3. The van der Waals surface area contributed by atoms with E-state index in [1.807, 2.05) is 24.3 Å². The SMILES string of the molecule is CCS(=O)(=O)Nc1ccc(C2=NN(C(C)=O)C(c3ccccc3OC)C2)cc1. The molecular weight excluding hydrogens is 378 g/mol. The Labute approximate surface area is 165 Å². The summed E-state index contributed by atoms with van der Waals surface area (Å²) in [5.41, 5.74) is 2.99. The van der Waals surface area contributed by atoms with E-state index >= 15 is 0 Å². The number of hydrogen-bond acceptors (Lipinski definition) is 5. The van der Waals surface area contributed by atoms with Crippen molar-refractivity contribution in [1.29, 1.82) is 0 Å². The van der Waals surface area contributed by atoms with Crippen molar-refractivity contribution >= 4 is 27.3 Å². The Hall–Kier alpha value is -2.87. The maximum atomic E-state index is 12.2. The monoisotopic (exact) mass is 401 g/mol. The lowest BCUT2D eigenvalue weighted by molar-refractivity contribution is -0.130. The van der Waals surface area contributed by atoms with Gasteiger partial charge in [-0.15, -0.1) is 0 Å². The molecule has 28 heavy (non-hydrogen) atoms. The summed E-state index contributed by atoms with van der Waals surface area (Å²) in [6.07, 6.45) is 0.542. The third kappa shape index (κ3) is 4.17. The Kier molecular flexibility index (Phi) is 5.69. The Bertz CT molecular complexity index is 1000. The first-order chi connectivity index (χ1) is 13.3. The van der Waals surface area contributed by atoms with Crippen molar-refractivity contribution in [1.82, 2.24) is 5.01 Å². The van der Waals surface area contributed by atoms with Gasteiger partial charge in [-0.05, 0) is 30.7 Å². The van der Waals surface area contributed by atoms with Gasteiger partial charge in [-0.2, -0.15) is 5.10 Å². The fourth-order valence-electron chi connectivity index (χ4n) is 3.14. The number of nitrogens with zero attached hydrogens (tertiary/aromatic N) is 2. The fraction of sp³-hybridized carbons (Fsp3) is 0.300. The minimum atomic E-state index is -3.32. The summed E-state index contributed by atoms with van der Waals surface area (Å²) in [6.45, 7) is 3.07. The highest BCUT2D eigenvalue weighted by Gasteiger charge is 2.33. The number of rotatable bonds is 6. The molecule has 7 nitrogen and oxygen atoms in total. The van der Waals surface area contributed by atoms with E-state index < -0.39 is 10.0 Å². The summed E-state index contributed by atoms with van der Waals surface area (Å²) in [4.78, 5) is 12.2. The Morgan fingerprint density at radius 2 is 1.89 bits per heavy atom. The molecule has 2 aromatic carbocycles. The summed E-state index contributed by atoms with van der Waals surface area (Å²) < 4.78 is 31.4. The highest BCUT2D eigenvalue weighted by atomic mass is 32.2. The molecule has 1 N–H and O–H groups in total. The van der Waals surface area contributed by atoms with Crippen LogP contribution in [0.4, 0.5) is 5.69 Å². The molecule has 3 rings (SSSR count). The Balaban J connectivity index is 1.87. The number of anilines is 1. The van der Waals surface area contributed by atoms with Gasteiger partial charge >= 0.3 is 0 Å². The van der Waals surface area contributed by atoms with Gasteiger partial charge in [0.1, 0.15) is 5.75 Å². The van der Waals surface area contributed by atoms with Crippen molar-refractivity contribution in [3.05, 3.63) is 59.7 Å². The van der Waals surface area contributed by atoms with Crippen LogP contribution in [-0.4, -0.2) is 37.9 Å². The van der Waals surface area contributed by atoms with Gasteiger partial charge in [0, 0.05) is 24.6 Å². The first kappa shape index (κ1) is 19.9. The molecular formula is C20H23N3O4S. The summed E-state index contributed by atoms with van der Waals surface area (Å²) in [5.74, 6) is 0.563. The number of methoxy groups -OCH3 is 1. The second-order valence-corrected chi connectivity index (χ2v) is 8.47. The van der Waals surface area contributed by atoms with E-state index in [9.17, 15) is 13.2 Å². The lowest BCUT2D eigenvalue weighted by Gasteiger charge is -2.22. The number of benzene rings is 2. The van der Waals surface area contributed by atoms with E-state index in [0.29, 0.717) is 17.9 Å². The molecule has 0 aliphatic carbocycles. The molecule has 1 atom stereocenters. The van der Waals surface area contributed by atoms with Gasteiger partial charge in [0.05, 0.1) is 24.6 Å². The van der Waals surface area contributed by atoms with Crippen LogP contribution in [0, 0.1) is 0 Å². The van der Waals surface area contributed by atoms with Gasteiger partial charge < -0.3 is 4.74 Å². The van der Waals surface area contributed by atoms with Gasteiger partial charge in [0.2, 0.25) is 15.9 Å². The number of sulfonamides is 1. The summed E-state index contributed by atoms with van der Waals surface area (Å²) in [5, 5.41) is 5.99. The van der Waals surface area contributed by atoms with Crippen molar-refractivity contribution in [2.24, 2.45) is 5.10 Å². The van der Waals surface area contributed by atoms with Crippen LogP contribution in [0.25, 0.3) is 0 Å². The molecule has 0 saturated heterocycles. The second kappa shape index (κ2) is 8.02. The molecule has 1 amide bonds. The standard InChI is InChI=1S/C20H23N3O4S/c1-4-28(25,26)22-16-11-9-15(10-12-16)18-13-19(23(21-18)14(2)24)17-7-5-6-8-20(17)27-3/h5-12,19,22H,4,13H2,1-3H3. The van der Waals surface area contributed by atoms with Crippen LogP contribution in [-0.2, 0) is 14.8 Å². The second-order valence-electron chi connectivity index (χ2n) is 6.45. The molecule has 1 aliphatic heterocycles. The van der Waals surface area contributed by atoms with Gasteiger partial charge in [-0.1, -0.05) is 30.3 Å². The van der Waals surface area contributed by atoms with Crippen molar-refractivity contribution in [3.63, 3.8) is 0 Å². The quantitative estimate of drug-likeness (QED) is 0.805. The molecule has 8 heteroatoms. The van der Waals surface area contributed by atoms with Crippen LogP contribution in [0.3, 0.4) is 0 Å². The van der Waals surface area contributed by atoms with E-state index in [4.69, 9.17) is 4.74 Å². The van der Waals surface area contributed by atoms with Crippen LogP contribution in [0.15, 0.2) is 53.6 Å². The number of ether oxygens (including phenoxy) is 1. The van der Waals surface area contributed by atoms with E-state index in [0.717, 1.165) is 16.8 Å². The molecule has 0 fully saturated rings. The predicted octanol–water partition coefficient (Wildman–Crippen LogP) is 3.15. The number of amides is 1. The average molecular weight is 401 g/mol. The van der Waals surface area contributed by atoms with Gasteiger partial charge in [-0.25, -0.2) is 13.4 Å². The highest BCUT2D eigenvalue weighted by molar-refractivity contribution is 7.92. The van der Waals surface area contributed by atoms with Crippen LogP contribution in [0.5, 0.6) is 5.75 Å². The maximum Gasteiger partial charge on any atom is 0.240 e. The maximum absolute atomic E-state index is 12.2. The van der Waals surface area contributed by atoms with E-state index in [-0.39, 0.29) is 17.7 Å². The first-order valence-electron chi connectivity index (χ1n) is 8.95. The van der Waals surface area contributed by atoms with Crippen molar-refractivity contribution < 1.29 is 17.9 Å². The molecule has 0 bridgehead atoms. The minimum absolute atomic E-state index is 0.00954. The third-order valence-electron chi connectivity index (χ3n) is 4.60. The van der Waals surface area contributed by atoms with Crippen molar-refractivity contribution in [2.75, 3.05) is 17.6 Å². The molecule has 2 aromatic rings.